The van der Waals surface area contributed by atoms with Crippen molar-refractivity contribution in [2.75, 3.05) is 11.9 Å². The van der Waals surface area contributed by atoms with E-state index < -0.39 is 0 Å². The van der Waals surface area contributed by atoms with Crippen LogP contribution in [0.1, 0.15) is 46.0 Å². The van der Waals surface area contributed by atoms with Crippen LogP contribution in [0.5, 0.6) is 5.75 Å². The smallest absolute Gasteiger partial charge is 0.156 e. The topological polar surface area (TPSA) is 21.3 Å². The first-order chi connectivity index (χ1) is 9.65. The number of hydrogen-bond acceptors (Lipinski definition) is 2. The molecule has 2 unspecified atom stereocenters. The highest BCUT2D eigenvalue weighted by Gasteiger charge is 2.24. The van der Waals surface area contributed by atoms with Gasteiger partial charge in [-0.3, -0.25) is 0 Å². The van der Waals surface area contributed by atoms with Crippen LogP contribution in [-0.4, -0.2) is 12.6 Å². The van der Waals surface area contributed by atoms with Gasteiger partial charge in [-0.1, -0.05) is 37.8 Å². The molecule has 0 spiro atoms. The molecular weight excluding hydrogens is 338 g/mol. The second kappa shape index (κ2) is 7.56. The third-order valence-electron chi connectivity index (χ3n) is 4.07. The summed E-state index contributed by atoms with van der Waals surface area (Å²) >= 11 is 9.73. The molecule has 20 heavy (non-hydrogen) atoms. The zero-order chi connectivity index (χ0) is 14.5. The molecule has 1 aliphatic carbocycles. The summed E-state index contributed by atoms with van der Waals surface area (Å²) in [5.41, 5.74) is 1.01. The number of benzene rings is 1. The van der Waals surface area contributed by atoms with Gasteiger partial charge in [0.15, 0.2) is 5.75 Å². The van der Waals surface area contributed by atoms with Crippen molar-refractivity contribution >= 4 is 33.2 Å². The lowest BCUT2D eigenvalue weighted by molar-refractivity contribution is 0.313. The van der Waals surface area contributed by atoms with Crippen LogP contribution in [-0.2, 0) is 0 Å². The zero-order valence-corrected chi connectivity index (χ0v) is 14.6. The van der Waals surface area contributed by atoms with Gasteiger partial charge in [-0.2, -0.15) is 0 Å². The minimum absolute atomic E-state index is 0.526. The second-order valence-electron chi connectivity index (χ2n) is 5.40. The number of nitrogens with one attached hydrogen (secondary N) is 1. The summed E-state index contributed by atoms with van der Waals surface area (Å²) in [6.45, 7) is 4.93. The van der Waals surface area contributed by atoms with Crippen LogP contribution in [0.3, 0.4) is 0 Å². The van der Waals surface area contributed by atoms with E-state index in [9.17, 15) is 0 Å². The molecule has 4 heteroatoms. The van der Waals surface area contributed by atoms with Gasteiger partial charge in [0, 0.05) is 11.1 Å². The molecule has 1 fully saturated rings. The molecule has 0 aromatic heterocycles. The normalized spacial score (nSPS) is 22.6. The molecule has 1 aromatic rings. The highest BCUT2D eigenvalue weighted by Crippen LogP contribution is 2.39. The van der Waals surface area contributed by atoms with Crippen molar-refractivity contribution in [1.82, 2.24) is 0 Å². The third kappa shape index (κ3) is 3.82. The lowest BCUT2D eigenvalue weighted by atomic mass is 9.83. The number of hydrogen-bond donors (Lipinski definition) is 1. The summed E-state index contributed by atoms with van der Waals surface area (Å²) in [5.74, 6) is 1.62. The molecule has 1 aliphatic rings. The molecule has 0 heterocycles. The maximum Gasteiger partial charge on any atom is 0.156 e. The van der Waals surface area contributed by atoms with Crippen LogP contribution in [0.15, 0.2) is 16.6 Å². The first-order valence-electron chi connectivity index (χ1n) is 7.54. The quantitative estimate of drug-likeness (QED) is 0.707. The van der Waals surface area contributed by atoms with Crippen molar-refractivity contribution in [2.45, 2.75) is 52.0 Å². The van der Waals surface area contributed by atoms with Crippen LogP contribution >= 0.6 is 27.5 Å². The van der Waals surface area contributed by atoms with Gasteiger partial charge < -0.3 is 10.1 Å². The molecule has 2 atom stereocenters. The minimum Gasteiger partial charge on any atom is -0.491 e. The van der Waals surface area contributed by atoms with E-state index in [0.29, 0.717) is 12.6 Å². The lowest BCUT2D eigenvalue weighted by Crippen LogP contribution is -2.32. The van der Waals surface area contributed by atoms with E-state index >= 15 is 0 Å². The Kier molecular flexibility index (Phi) is 6.03. The highest BCUT2D eigenvalue weighted by atomic mass is 79.9. The number of ether oxygens (including phenoxy) is 1. The fraction of sp³-hybridized carbons (Fsp3) is 0.625. The van der Waals surface area contributed by atoms with E-state index in [1.807, 2.05) is 19.1 Å². The van der Waals surface area contributed by atoms with E-state index in [4.69, 9.17) is 16.3 Å². The predicted molar refractivity (Wildman–Crippen MR) is 90.0 cm³/mol. The molecule has 1 saturated carbocycles. The first kappa shape index (κ1) is 16.0. The van der Waals surface area contributed by atoms with Gasteiger partial charge in [0.25, 0.3) is 0 Å². The van der Waals surface area contributed by atoms with Gasteiger partial charge in [-0.25, -0.2) is 0 Å². The van der Waals surface area contributed by atoms with Crippen molar-refractivity contribution in [3.63, 3.8) is 0 Å². The van der Waals surface area contributed by atoms with Crippen LogP contribution in [0.4, 0.5) is 5.69 Å². The van der Waals surface area contributed by atoms with Gasteiger partial charge in [-0.15, -0.1) is 0 Å². The Balaban J connectivity index is 2.22. The molecule has 0 saturated heterocycles. The highest BCUT2D eigenvalue weighted by molar-refractivity contribution is 9.10. The number of halogens is 2. The van der Waals surface area contributed by atoms with Gasteiger partial charge in [0.05, 0.1) is 16.8 Å². The van der Waals surface area contributed by atoms with E-state index in [1.165, 1.54) is 32.1 Å². The van der Waals surface area contributed by atoms with E-state index in [-0.39, 0.29) is 0 Å². The Morgan fingerprint density at radius 3 is 2.75 bits per heavy atom. The van der Waals surface area contributed by atoms with E-state index in [1.54, 1.807) is 0 Å². The molecular formula is C16H23BrClNO. The summed E-state index contributed by atoms with van der Waals surface area (Å²) in [6.07, 6.45) is 6.44. The zero-order valence-electron chi connectivity index (χ0n) is 12.2. The molecule has 2 rings (SSSR count). The molecule has 0 bridgehead atoms. The summed E-state index contributed by atoms with van der Waals surface area (Å²) in [7, 11) is 0. The van der Waals surface area contributed by atoms with Crippen molar-refractivity contribution in [1.29, 1.82) is 0 Å². The molecule has 1 N–H and O–H groups in total. The Hall–Kier alpha value is -0.410. The predicted octanol–water partition coefficient (Wildman–Crippen LogP) is 5.88. The number of anilines is 1. The van der Waals surface area contributed by atoms with Gasteiger partial charge in [-0.05, 0) is 53.7 Å². The molecule has 1 aromatic carbocycles. The van der Waals surface area contributed by atoms with Crippen molar-refractivity contribution in [2.24, 2.45) is 5.92 Å². The van der Waals surface area contributed by atoms with Crippen LogP contribution in [0.2, 0.25) is 5.02 Å². The van der Waals surface area contributed by atoms with Gasteiger partial charge in [0.1, 0.15) is 0 Å². The van der Waals surface area contributed by atoms with E-state index in [2.05, 4.69) is 28.2 Å². The molecule has 0 aliphatic heterocycles. The maximum absolute atomic E-state index is 6.18. The monoisotopic (exact) mass is 359 g/mol. The summed E-state index contributed by atoms with van der Waals surface area (Å²) in [6, 6.07) is 4.38. The summed E-state index contributed by atoms with van der Waals surface area (Å²) < 4.78 is 6.68. The average molecular weight is 361 g/mol. The third-order valence-corrected chi connectivity index (χ3v) is 4.88. The maximum atomic E-state index is 6.18. The lowest BCUT2D eigenvalue weighted by Gasteiger charge is -2.33. The summed E-state index contributed by atoms with van der Waals surface area (Å²) in [5, 5.41) is 4.41. The first-order valence-corrected chi connectivity index (χ1v) is 8.71. The Morgan fingerprint density at radius 1 is 1.30 bits per heavy atom. The molecule has 2 nitrogen and oxygen atoms in total. The minimum atomic E-state index is 0.526. The van der Waals surface area contributed by atoms with Crippen molar-refractivity contribution in [3.8, 4) is 5.75 Å². The molecule has 0 amide bonds. The van der Waals surface area contributed by atoms with Crippen LogP contribution in [0, 0.1) is 5.92 Å². The number of rotatable bonds is 5. The standard InChI is InChI=1S/C16H23BrClNO/c1-3-11-7-5-6-8-14(11)19-15-10-12(18)9-13(17)16(15)20-4-2/h9-11,14,19H,3-8H2,1-2H3. The van der Waals surface area contributed by atoms with Crippen LogP contribution in [0.25, 0.3) is 0 Å². The fourth-order valence-corrected chi connectivity index (χ4v) is 3.97. The average Bonchev–Trinajstić information content (AvgIpc) is 2.43. The Bertz CT molecular complexity index is 452. The Morgan fingerprint density at radius 2 is 2.05 bits per heavy atom. The largest absolute Gasteiger partial charge is 0.491 e. The van der Waals surface area contributed by atoms with Crippen LogP contribution < -0.4 is 10.1 Å². The summed E-state index contributed by atoms with van der Waals surface area (Å²) in [4.78, 5) is 0. The van der Waals surface area contributed by atoms with Crippen molar-refractivity contribution < 1.29 is 4.74 Å². The molecule has 0 radical (unpaired) electrons. The second-order valence-corrected chi connectivity index (χ2v) is 6.69. The SMILES string of the molecule is CCOc1c(Br)cc(Cl)cc1NC1CCCCC1CC. The Labute approximate surface area is 135 Å². The van der Waals surface area contributed by atoms with Gasteiger partial charge in [0.2, 0.25) is 0 Å². The van der Waals surface area contributed by atoms with E-state index in [0.717, 1.165) is 26.9 Å². The van der Waals surface area contributed by atoms with Gasteiger partial charge >= 0.3 is 0 Å². The van der Waals surface area contributed by atoms with Crippen molar-refractivity contribution in [3.05, 3.63) is 21.6 Å². The molecule has 112 valence electrons. The fourth-order valence-electron chi connectivity index (χ4n) is 3.04.